The van der Waals surface area contributed by atoms with Crippen LogP contribution in [0.5, 0.6) is 0 Å². The zero-order valence-corrected chi connectivity index (χ0v) is 13.2. The van der Waals surface area contributed by atoms with Gasteiger partial charge in [0, 0.05) is 13.0 Å². The van der Waals surface area contributed by atoms with E-state index in [1.54, 1.807) is 0 Å². The summed E-state index contributed by atoms with van der Waals surface area (Å²) < 4.78 is 9.96. The Morgan fingerprint density at radius 1 is 1.18 bits per heavy atom. The van der Waals surface area contributed by atoms with Crippen molar-refractivity contribution in [3.8, 4) is 0 Å². The summed E-state index contributed by atoms with van der Waals surface area (Å²) in [5.41, 5.74) is 0. The molecule has 0 aromatic carbocycles. The predicted molar refractivity (Wildman–Crippen MR) is 78.3 cm³/mol. The maximum absolute atomic E-state index is 11.9. The van der Waals surface area contributed by atoms with E-state index in [-0.39, 0.29) is 18.9 Å². The monoisotopic (exact) mass is 314 g/mol. The van der Waals surface area contributed by atoms with Crippen LogP contribution in [0, 0.1) is 0 Å². The van der Waals surface area contributed by atoms with Gasteiger partial charge in [0.25, 0.3) is 0 Å². The second-order valence-corrected chi connectivity index (χ2v) is 6.01. The quantitative estimate of drug-likeness (QED) is 0.752. The number of carbonyl (C=O) groups is 2. The van der Waals surface area contributed by atoms with Gasteiger partial charge in [0.2, 0.25) is 0 Å². The van der Waals surface area contributed by atoms with Crippen LogP contribution in [-0.2, 0) is 19.1 Å². The van der Waals surface area contributed by atoms with E-state index in [0.29, 0.717) is 6.42 Å². The largest absolute Gasteiger partial charge is 0.468 e. The van der Waals surface area contributed by atoms with Crippen molar-refractivity contribution in [2.75, 3.05) is 33.3 Å². The molecule has 2 rings (SSSR count). The number of hydrogen-bond donors (Lipinski definition) is 1. The summed E-state index contributed by atoms with van der Waals surface area (Å²) in [5.74, 6) is -0.779. The fourth-order valence-corrected chi connectivity index (χ4v) is 3.07. The van der Waals surface area contributed by atoms with Crippen LogP contribution < -0.4 is 0 Å². The number of ether oxygens (including phenoxy) is 2. The van der Waals surface area contributed by atoms with Crippen LogP contribution in [0.15, 0.2) is 0 Å². The van der Waals surface area contributed by atoms with Crippen LogP contribution in [0.3, 0.4) is 0 Å². The highest BCUT2D eigenvalue weighted by molar-refractivity contribution is 5.76. The Bertz CT molecular complexity index is 382. The third-order valence-corrected chi connectivity index (χ3v) is 4.34. The van der Waals surface area contributed by atoms with Gasteiger partial charge < -0.3 is 19.6 Å². The molecule has 0 bridgehead atoms. The number of carbonyl (C=O) groups excluding carboxylic acids is 2. The minimum atomic E-state index is -0.742. The summed E-state index contributed by atoms with van der Waals surface area (Å²) in [6.07, 6.45) is 5.10. The lowest BCUT2D eigenvalue weighted by Gasteiger charge is -2.19. The lowest BCUT2D eigenvalue weighted by Crippen LogP contribution is -2.34. The van der Waals surface area contributed by atoms with Crippen molar-refractivity contribution in [2.45, 2.75) is 50.7 Å². The summed E-state index contributed by atoms with van der Waals surface area (Å²) >= 11 is 0. The first-order valence-electron chi connectivity index (χ1n) is 8.05. The van der Waals surface area contributed by atoms with Crippen LogP contribution in [0.1, 0.15) is 38.5 Å². The van der Waals surface area contributed by atoms with Crippen molar-refractivity contribution in [3.05, 3.63) is 0 Å². The molecule has 0 aliphatic carbocycles. The minimum absolute atomic E-state index is 0.148. The first kappa shape index (κ1) is 17.2. The molecule has 2 fully saturated rings. The van der Waals surface area contributed by atoms with Gasteiger partial charge in [-0.1, -0.05) is 12.8 Å². The van der Waals surface area contributed by atoms with E-state index in [0.717, 1.165) is 24.7 Å². The van der Waals surface area contributed by atoms with Crippen molar-refractivity contribution >= 4 is 11.9 Å². The molecule has 2 heterocycles. The molecule has 7 heteroatoms. The lowest BCUT2D eigenvalue weighted by atomic mass is 10.2. The Labute approximate surface area is 131 Å². The van der Waals surface area contributed by atoms with Gasteiger partial charge in [0.05, 0.1) is 20.1 Å². The van der Waals surface area contributed by atoms with Gasteiger partial charge in [-0.15, -0.1) is 0 Å². The fraction of sp³-hybridized carbons (Fsp3) is 0.867. The van der Waals surface area contributed by atoms with E-state index < -0.39 is 18.1 Å². The van der Waals surface area contributed by atoms with Gasteiger partial charge in [0.15, 0.2) is 0 Å². The molecule has 1 N–H and O–H groups in total. The van der Waals surface area contributed by atoms with Crippen molar-refractivity contribution in [3.63, 3.8) is 0 Å². The molecule has 7 nitrogen and oxygen atoms in total. The first-order chi connectivity index (χ1) is 10.6. The first-order valence-corrected chi connectivity index (χ1v) is 8.05. The Balaban J connectivity index is 1.70. The fourth-order valence-electron chi connectivity index (χ4n) is 3.07. The molecule has 2 atom stereocenters. The van der Waals surface area contributed by atoms with Crippen LogP contribution in [0.2, 0.25) is 0 Å². The molecule has 2 aliphatic heterocycles. The molecule has 0 aromatic heterocycles. The van der Waals surface area contributed by atoms with E-state index in [4.69, 9.17) is 4.74 Å². The second kappa shape index (κ2) is 8.45. The molecule has 2 saturated heterocycles. The highest BCUT2D eigenvalue weighted by Gasteiger charge is 2.38. The lowest BCUT2D eigenvalue weighted by molar-refractivity contribution is -0.165. The number of methoxy groups -OCH3 is 1. The Morgan fingerprint density at radius 2 is 1.86 bits per heavy atom. The maximum Gasteiger partial charge on any atom is 0.325 e. The number of hydroxylamine groups is 2. The summed E-state index contributed by atoms with van der Waals surface area (Å²) in [6, 6.07) is -0.742. The van der Waals surface area contributed by atoms with Crippen LogP contribution in [-0.4, -0.2) is 72.5 Å². The van der Waals surface area contributed by atoms with E-state index >= 15 is 0 Å². The highest BCUT2D eigenvalue weighted by Crippen LogP contribution is 2.20. The zero-order valence-electron chi connectivity index (χ0n) is 13.2. The highest BCUT2D eigenvalue weighted by atomic mass is 16.6. The average Bonchev–Trinajstić information content (AvgIpc) is 2.72. The molecular formula is C15H26N2O5. The zero-order chi connectivity index (χ0) is 15.9. The number of nitrogens with zero attached hydrogens (tertiary/aromatic N) is 2. The SMILES string of the molecule is COC(=O)[C@@H]1C[C@H](OC(=O)CCN2CCCCCC2)CN1O. The van der Waals surface area contributed by atoms with Crippen LogP contribution >= 0.6 is 0 Å². The average molecular weight is 314 g/mol. The van der Waals surface area contributed by atoms with Gasteiger partial charge in [-0.05, 0) is 25.9 Å². The van der Waals surface area contributed by atoms with Gasteiger partial charge in [0.1, 0.15) is 12.1 Å². The molecule has 0 saturated carbocycles. The van der Waals surface area contributed by atoms with Crippen LogP contribution in [0.4, 0.5) is 0 Å². The molecule has 0 unspecified atom stereocenters. The van der Waals surface area contributed by atoms with Crippen molar-refractivity contribution < 1.29 is 24.3 Å². The predicted octanol–water partition coefficient (Wildman–Crippen LogP) is 0.801. The summed E-state index contributed by atoms with van der Waals surface area (Å²) in [7, 11) is 1.27. The molecule has 126 valence electrons. The smallest absolute Gasteiger partial charge is 0.325 e. The standard InChI is InChI=1S/C15H26N2O5/c1-21-15(19)13-10-12(11-17(13)20)22-14(18)6-9-16-7-4-2-3-5-8-16/h12-13,20H,2-11H2,1H3/t12-,13-/m0/s1. The Hall–Kier alpha value is -1.18. The Kier molecular flexibility index (Phi) is 6.60. The molecule has 22 heavy (non-hydrogen) atoms. The van der Waals surface area contributed by atoms with Crippen molar-refractivity contribution in [1.29, 1.82) is 0 Å². The van der Waals surface area contributed by atoms with E-state index in [2.05, 4.69) is 9.64 Å². The van der Waals surface area contributed by atoms with Gasteiger partial charge in [-0.2, -0.15) is 5.06 Å². The minimum Gasteiger partial charge on any atom is -0.468 e. The summed E-state index contributed by atoms with van der Waals surface area (Å²) in [6.45, 7) is 2.96. The number of rotatable bonds is 5. The van der Waals surface area contributed by atoms with Crippen molar-refractivity contribution in [2.24, 2.45) is 0 Å². The van der Waals surface area contributed by atoms with Crippen LogP contribution in [0.25, 0.3) is 0 Å². The molecule has 0 spiro atoms. The Morgan fingerprint density at radius 3 is 2.50 bits per heavy atom. The number of hydrogen-bond acceptors (Lipinski definition) is 7. The van der Waals surface area contributed by atoms with E-state index in [1.165, 1.54) is 32.8 Å². The second-order valence-electron chi connectivity index (χ2n) is 6.01. The molecule has 2 aliphatic rings. The van der Waals surface area contributed by atoms with Gasteiger partial charge in [-0.3, -0.25) is 9.59 Å². The molecule has 0 aromatic rings. The molecule has 0 radical (unpaired) electrons. The number of likely N-dealkylation sites (tertiary alicyclic amines) is 1. The van der Waals surface area contributed by atoms with Crippen molar-refractivity contribution in [1.82, 2.24) is 9.96 Å². The summed E-state index contributed by atoms with van der Waals surface area (Å²) in [5, 5.41) is 10.6. The molecule has 0 amide bonds. The molecular weight excluding hydrogens is 288 g/mol. The summed E-state index contributed by atoms with van der Waals surface area (Å²) in [4.78, 5) is 25.7. The number of esters is 2. The maximum atomic E-state index is 11.9. The third kappa shape index (κ3) is 4.93. The van der Waals surface area contributed by atoms with Gasteiger partial charge >= 0.3 is 11.9 Å². The van der Waals surface area contributed by atoms with E-state index in [1.807, 2.05) is 0 Å². The third-order valence-electron chi connectivity index (χ3n) is 4.34. The van der Waals surface area contributed by atoms with Gasteiger partial charge in [-0.25, -0.2) is 0 Å². The normalized spacial score (nSPS) is 27.4. The topological polar surface area (TPSA) is 79.3 Å². The van der Waals surface area contributed by atoms with E-state index in [9.17, 15) is 14.8 Å².